The first kappa shape index (κ1) is 14.4. The highest BCUT2D eigenvalue weighted by Gasteiger charge is 2.24. The fraction of sp³-hybridized carbons (Fsp3) is 0.571. The van der Waals surface area contributed by atoms with Gasteiger partial charge in [-0.15, -0.1) is 0 Å². The number of hydrogen-bond donors (Lipinski definition) is 1. The molecule has 1 aromatic rings. The van der Waals surface area contributed by atoms with Crippen molar-refractivity contribution in [2.24, 2.45) is 5.73 Å². The van der Waals surface area contributed by atoms with Crippen LogP contribution < -0.4 is 5.73 Å². The molecule has 0 saturated carbocycles. The van der Waals surface area contributed by atoms with Crippen LogP contribution in [0.2, 0.25) is 0 Å². The van der Waals surface area contributed by atoms with Gasteiger partial charge in [-0.3, -0.25) is 4.90 Å². The van der Waals surface area contributed by atoms with E-state index < -0.39 is 0 Å². The van der Waals surface area contributed by atoms with Crippen LogP contribution in [0.5, 0.6) is 0 Å². The average Bonchev–Trinajstić information content (AvgIpc) is 2.60. The Morgan fingerprint density at radius 1 is 1.22 bits per heavy atom. The molecule has 1 heterocycles. The minimum atomic E-state index is 0.161. The summed E-state index contributed by atoms with van der Waals surface area (Å²) < 4.78 is 1.13. The lowest BCUT2D eigenvalue weighted by Crippen LogP contribution is -2.40. The van der Waals surface area contributed by atoms with Crippen LogP contribution in [0.1, 0.15) is 24.9 Å². The molecular formula is C14H21BrN2S. The second kappa shape index (κ2) is 6.94. The number of thioether (sulfide) groups is 1. The number of halogens is 1. The number of nitrogens with two attached hydrogens (primary N) is 1. The van der Waals surface area contributed by atoms with Gasteiger partial charge in [0.15, 0.2) is 0 Å². The normalized spacial score (nSPS) is 21.3. The third-order valence-electron chi connectivity index (χ3n) is 3.36. The lowest BCUT2D eigenvalue weighted by atomic mass is 9.99. The van der Waals surface area contributed by atoms with Crippen LogP contribution in [0.15, 0.2) is 28.7 Å². The third-order valence-corrected chi connectivity index (χ3v) is 4.94. The van der Waals surface area contributed by atoms with Crippen LogP contribution in [0.25, 0.3) is 0 Å². The maximum absolute atomic E-state index is 6.23. The highest BCUT2D eigenvalue weighted by Crippen LogP contribution is 2.27. The third kappa shape index (κ3) is 3.73. The van der Waals surface area contributed by atoms with Crippen molar-refractivity contribution in [1.82, 2.24) is 4.90 Å². The van der Waals surface area contributed by atoms with E-state index in [1.54, 1.807) is 0 Å². The van der Waals surface area contributed by atoms with Crippen molar-refractivity contribution in [1.29, 1.82) is 0 Å². The molecule has 100 valence electrons. The fourth-order valence-corrected chi connectivity index (χ4v) is 3.72. The lowest BCUT2D eigenvalue weighted by Gasteiger charge is -2.33. The van der Waals surface area contributed by atoms with Gasteiger partial charge < -0.3 is 5.73 Å². The summed E-state index contributed by atoms with van der Waals surface area (Å²) in [4.78, 5) is 2.55. The molecule has 2 atom stereocenters. The standard InChI is InChI=1S/C14H21BrN2S/c1-11(16)14(12-3-5-13(15)6-4-12)17-7-2-9-18-10-8-17/h3-6,11,14H,2,7-10,16H2,1H3. The number of hydrogen-bond acceptors (Lipinski definition) is 3. The molecule has 4 heteroatoms. The van der Waals surface area contributed by atoms with Crippen molar-refractivity contribution >= 4 is 27.7 Å². The molecule has 1 fully saturated rings. The van der Waals surface area contributed by atoms with Crippen molar-refractivity contribution in [3.63, 3.8) is 0 Å². The van der Waals surface area contributed by atoms with Gasteiger partial charge >= 0.3 is 0 Å². The smallest absolute Gasteiger partial charge is 0.0496 e. The summed E-state index contributed by atoms with van der Waals surface area (Å²) in [5.41, 5.74) is 7.56. The zero-order valence-electron chi connectivity index (χ0n) is 10.8. The first-order chi connectivity index (χ1) is 8.68. The predicted molar refractivity (Wildman–Crippen MR) is 84.0 cm³/mol. The minimum absolute atomic E-state index is 0.161. The Bertz CT molecular complexity index is 359. The van der Waals surface area contributed by atoms with Gasteiger partial charge in [-0.05, 0) is 43.3 Å². The van der Waals surface area contributed by atoms with E-state index in [0.29, 0.717) is 6.04 Å². The van der Waals surface area contributed by atoms with Gasteiger partial charge in [0.2, 0.25) is 0 Å². The Balaban J connectivity index is 2.18. The largest absolute Gasteiger partial charge is 0.326 e. The van der Waals surface area contributed by atoms with Crippen molar-refractivity contribution in [3.8, 4) is 0 Å². The van der Waals surface area contributed by atoms with Gasteiger partial charge in [-0.2, -0.15) is 11.8 Å². The van der Waals surface area contributed by atoms with Crippen LogP contribution in [0.4, 0.5) is 0 Å². The predicted octanol–water partition coefficient (Wildman–Crippen LogP) is 3.28. The second-order valence-corrected chi connectivity index (χ2v) is 7.00. The molecule has 0 amide bonds. The molecule has 0 aliphatic carbocycles. The molecule has 1 aliphatic rings. The van der Waals surface area contributed by atoms with Crippen molar-refractivity contribution < 1.29 is 0 Å². The molecule has 2 unspecified atom stereocenters. The number of rotatable bonds is 3. The van der Waals surface area contributed by atoms with E-state index in [1.165, 1.54) is 23.5 Å². The quantitative estimate of drug-likeness (QED) is 0.923. The van der Waals surface area contributed by atoms with Gasteiger partial charge in [-0.1, -0.05) is 28.1 Å². The maximum Gasteiger partial charge on any atom is 0.0496 e. The Morgan fingerprint density at radius 2 is 1.94 bits per heavy atom. The average molecular weight is 329 g/mol. The molecular weight excluding hydrogens is 308 g/mol. The Kier molecular flexibility index (Phi) is 5.55. The van der Waals surface area contributed by atoms with E-state index in [2.05, 4.69) is 63.8 Å². The summed E-state index contributed by atoms with van der Waals surface area (Å²) in [5, 5.41) is 0. The van der Waals surface area contributed by atoms with E-state index in [1.807, 2.05) is 0 Å². The molecule has 0 aromatic heterocycles. The fourth-order valence-electron chi connectivity index (χ4n) is 2.55. The highest BCUT2D eigenvalue weighted by atomic mass is 79.9. The summed E-state index contributed by atoms with van der Waals surface area (Å²) in [6, 6.07) is 9.10. The van der Waals surface area contributed by atoms with Gasteiger partial charge in [-0.25, -0.2) is 0 Å². The van der Waals surface area contributed by atoms with Gasteiger partial charge in [0, 0.05) is 28.9 Å². The summed E-state index contributed by atoms with van der Waals surface area (Å²) in [6.07, 6.45) is 1.27. The molecule has 1 saturated heterocycles. The summed E-state index contributed by atoms with van der Waals surface area (Å²) in [5.74, 6) is 2.50. The van der Waals surface area contributed by atoms with E-state index >= 15 is 0 Å². The highest BCUT2D eigenvalue weighted by molar-refractivity contribution is 9.10. The molecule has 0 bridgehead atoms. The van der Waals surface area contributed by atoms with E-state index in [9.17, 15) is 0 Å². The lowest BCUT2D eigenvalue weighted by molar-refractivity contribution is 0.190. The number of nitrogens with zero attached hydrogens (tertiary/aromatic N) is 1. The zero-order valence-corrected chi connectivity index (χ0v) is 13.2. The summed E-state index contributed by atoms with van der Waals surface area (Å²) in [6.45, 7) is 4.42. The van der Waals surface area contributed by atoms with Crippen LogP contribution >= 0.6 is 27.7 Å². The van der Waals surface area contributed by atoms with Gasteiger partial charge in [0.25, 0.3) is 0 Å². The van der Waals surface area contributed by atoms with E-state index in [4.69, 9.17) is 5.73 Å². The molecule has 1 aromatic carbocycles. The zero-order chi connectivity index (χ0) is 13.0. The van der Waals surface area contributed by atoms with E-state index in [-0.39, 0.29) is 6.04 Å². The summed E-state index contributed by atoms with van der Waals surface area (Å²) >= 11 is 5.55. The molecule has 2 nitrogen and oxygen atoms in total. The van der Waals surface area contributed by atoms with E-state index in [0.717, 1.165) is 17.6 Å². The first-order valence-electron chi connectivity index (χ1n) is 6.51. The summed E-state index contributed by atoms with van der Waals surface area (Å²) in [7, 11) is 0. The molecule has 0 radical (unpaired) electrons. The topological polar surface area (TPSA) is 29.3 Å². The minimum Gasteiger partial charge on any atom is -0.326 e. The molecule has 18 heavy (non-hydrogen) atoms. The Labute approximate surface area is 122 Å². The Hall–Kier alpha value is -0.0300. The van der Waals surface area contributed by atoms with Crippen LogP contribution in [0.3, 0.4) is 0 Å². The van der Waals surface area contributed by atoms with Crippen molar-refractivity contribution in [3.05, 3.63) is 34.3 Å². The monoisotopic (exact) mass is 328 g/mol. The second-order valence-electron chi connectivity index (χ2n) is 4.86. The van der Waals surface area contributed by atoms with Crippen molar-refractivity contribution in [2.75, 3.05) is 24.6 Å². The first-order valence-corrected chi connectivity index (χ1v) is 8.46. The van der Waals surface area contributed by atoms with Crippen LogP contribution in [-0.2, 0) is 0 Å². The molecule has 2 N–H and O–H groups in total. The van der Waals surface area contributed by atoms with Crippen molar-refractivity contribution in [2.45, 2.75) is 25.4 Å². The number of benzene rings is 1. The maximum atomic E-state index is 6.23. The Morgan fingerprint density at radius 3 is 2.61 bits per heavy atom. The molecule has 0 spiro atoms. The van der Waals surface area contributed by atoms with Gasteiger partial charge in [0.1, 0.15) is 0 Å². The van der Waals surface area contributed by atoms with Crippen LogP contribution in [-0.4, -0.2) is 35.5 Å². The SMILES string of the molecule is CC(N)C(c1ccc(Br)cc1)N1CCCSCC1. The molecule has 1 aliphatic heterocycles. The molecule has 2 rings (SSSR count). The van der Waals surface area contributed by atoms with Gasteiger partial charge in [0.05, 0.1) is 0 Å². The van der Waals surface area contributed by atoms with Crippen LogP contribution in [0, 0.1) is 0 Å².